The first-order chi connectivity index (χ1) is 17.3. The Bertz CT molecular complexity index is 1200. The Kier molecular flexibility index (Phi) is 11.7. The number of carbonyl (C=O) groups is 2. The largest absolute Gasteiger partial charge is 0.354 e. The highest BCUT2D eigenvalue weighted by Crippen LogP contribution is 2.26. The molecule has 0 bridgehead atoms. The van der Waals surface area contributed by atoms with Gasteiger partial charge in [-0.2, -0.15) is 0 Å². The normalized spacial score (nSPS) is 12.2. The Balaban J connectivity index is 2.21. The van der Waals surface area contributed by atoms with Crippen LogP contribution in [-0.2, 0) is 26.2 Å². The molecule has 7 nitrogen and oxygen atoms in total. The lowest BCUT2D eigenvalue weighted by atomic mass is 10.1. The van der Waals surface area contributed by atoms with E-state index in [1.54, 1.807) is 25.1 Å². The second kappa shape index (κ2) is 14.0. The van der Waals surface area contributed by atoms with Gasteiger partial charge in [-0.05, 0) is 68.5 Å². The number of halogens is 2. The maximum Gasteiger partial charge on any atom is 0.242 e. The van der Waals surface area contributed by atoms with Crippen LogP contribution in [0.25, 0.3) is 0 Å². The molecule has 0 aliphatic carbocycles. The molecule has 0 saturated carbocycles. The smallest absolute Gasteiger partial charge is 0.242 e. The van der Waals surface area contributed by atoms with Crippen LogP contribution in [0.3, 0.4) is 0 Å². The summed E-state index contributed by atoms with van der Waals surface area (Å²) < 4.78 is 26.5. The van der Waals surface area contributed by atoms with Crippen molar-refractivity contribution < 1.29 is 18.0 Å². The van der Waals surface area contributed by atoms with Crippen molar-refractivity contribution in [2.75, 3.05) is 23.7 Å². The molecule has 0 unspecified atom stereocenters. The molecule has 0 fully saturated rings. The first-order valence-corrected chi connectivity index (χ1v) is 15.0. The Morgan fingerprint density at radius 3 is 2.35 bits per heavy atom. The summed E-state index contributed by atoms with van der Waals surface area (Å²) in [4.78, 5) is 27.7. The van der Waals surface area contributed by atoms with Crippen LogP contribution in [0.1, 0.15) is 56.2 Å². The summed E-state index contributed by atoms with van der Waals surface area (Å²) >= 11 is 12.2. The van der Waals surface area contributed by atoms with Crippen LogP contribution in [0.2, 0.25) is 10.0 Å². The third-order valence-electron chi connectivity index (χ3n) is 6.12. The van der Waals surface area contributed by atoms with E-state index in [4.69, 9.17) is 23.2 Å². The van der Waals surface area contributed by atoms with Gasteiger partial charge in [-0.25, -0.2) is 8.42 Å². The van der Waals surface area contributed by atoms with Crippen molar-refractivity contribution in [2.45, 2.75) is 66.0 Å². The molecule has 1 N–H and O–H groups in total. The van der Waals surface area contributed by atoms with E-state index in [9.17, 15) is 18.0 Å². The zero-order valence-corrected chi connectivity index (χ0v) is 24.5. The number of unbranched alkanes of at least 4 members (excludes halogenated alkanes) is 1. The third kappa shape index (κ3) is 9.20. The van der Waals surface area contributed by atoms with Crippen molar-refractivity contribution in [2.24, 2.45) is 0 Å². The fraction of sp³-hybridized carbons (Fsp3) is 0.481. The first kappa shape index (κ1) is 30.9. The van der Waals surface area contributed by atoms with Gasteiger partial charge in [-0.1, -0.05) is 54.7 Å². The number of nitrogens with one attached hydrogen (secondary N) is 1. The fourth-order valence-corrected chi connectivity index (χ4v) is 5.26. The zero-order valence-electron chi connectivity index (χ0n) is 22.2. The van der Waals surface area contributed by atoms with Crippen LogP contribution >= 0.6 is 23.2 Å². The van der Waals surface area contributed by atoms with Gasteiger partial charge in [0.2, 0.25) is 21.8 Å². The number of sulfonamides is 1. The Labute approximate surface area is 231 Å². The number of carbonyl (C=O) groups excluding carboxylic acids is 2. The second-order valence-corrected chi connectivity index (χ2v) is 12.0. The Morgan fingerprint density at radius 2 is 1.73 bits per heavy atom. The van der Waals surface area contributed by atoms with E-state index in [1.165, 1.54) is 9.21 Å². The number of benzene rings is 2. The van der Waals surface area contributed by atoms with Gasteiger partial charge in [0.25, 0.3) is 0 Å². The van der Waals surface area contributed by atoms with E-state index in [2.05, 4.69) is 5.32 Å². The zero-order chi connectivity index (χ0) is 27.8. The lowest BCUT2D eigenvalue weighted by Gasteiger charge is -2.30. The van der Waals surface area contributed by atoms with Gasteiger partial charge in [0.15, 0.2) is 0 Å². The highest BCUT2D eigenvalue weighted by atomic mass is 35.5. The van der Waals surface area contributed by atoms with Crippen molar-refractivity contribution in [3.63, 3.8) is 0 Å². The van der Waals surface area contributed by atoms with E-state index in [1.807, 2.05) is 39.0 Å². The predicted octanol–water partition coefficient (Wildman–Crippen LogP) is 5.49. The maximum absolute atomic E-state index is 13.4. The molecule has 0 aromatic heterocycles. The van der Waals surface area contributed by atoms with Gasteiger partial charge in [0.05, 0.1) is 22.0 Å². The molecule has 1 atom stereocenters. The Hall–Kier alpha value is -2.29. The number of nitrogens with zero attached hydrogens (tertiary/aromatic N) is 2. The minimum Gasteiger partial charge on any atom is -0.354 e. The first-order valence-electron chi connectivity index (χ1n) is 12.4. The van der Waals surface area contributed by atoms with E-state index >= 15 is 0 Å². The molecule has 2 aromatic carbocycles. The van der Waals surface area contributed by atoms with E-state index in [0.717, 1.165) is 35.8 Å². The summed E-state index contributed by atoms with van der Waals surface area (Å²) in [6.45, 7) is 8.34. The Morgan fingerprint density at radius 1 is 1.03 bits per heavy atom. The molecule has 2 amide bonds. The standard InChI is InChI=1S/C27H37Cl2N3O4S/c1-6-7-14-30-27(34)21(4)31(18-22-12-13-23(28)24(29)17-22)26(33)9-8-15-32(37(5,35)36)25-16-19(2)10-11-20(25)3/h10-13,16-17,21H,6-9,14-15,18H2,1-5H3,(H,30,34)/t21-/m1/s1. The van der Waals surface area contributed by atoms with Crippen molar-refractivity contribution >= 4 is 50.7 Å². The van der Waals surface area contributed by atoms with E-state index in [-0.39, 0.29) is 31.3 Å². The molecule has 2 rings (SSSR count). The van der Waals surface area contributed by atoms with Gasteiger partial charge in [0, 0.05) is 26.1 Å². The third-order valence-corrected chi connectivity index (χ3v) is 8.04. The molecule has 37 heavy (non-hydrogen) atoms. The molecule has 0 spiro atoms. The van der Waals surface area contributed by atoms with Gasteiger partial charge >= 0.3 is 0 Å². The lowest BCUT2D eigenvalue weighted by Crippen LogP contribution is -2.48. The molecule has 0 aliphatic heterocycles. The summed E-state index contributed by atoms with van der Waals surface area (Å²) in [6, 6.07) is 10.0. The number of rotatable bonds is 13. The highest BCUT2D eigenvalue weighted by molar-refractivity contribution is 7.92. The molecule has 0 heterocycles. The number of amides is 2. The summed E-state index contributed by atoms with van der Waals surface area (Å²) in [7, 11) is -3.56. The second-order valence-electron chi connectivity index (χ2n) is 9.32. The number of anilines is 1. The van der Waals surface area contributed by atoms with Gasteiger partial charge in [-0.15, -0.1) is 0 Å². The maximum atomic E-state index is 13.4. The van der Waals surface area contributed by atoms with Crippen LogP contribution in [0, 0.1) is 13.8 Å². The number of hydrogen-bond donors (Lipinski definition) is 1. The lowest BCUT2D eigenvalue weighted by molar-refractivity contribution is -0.140. The number of hydrogen-bond acceptors (Lipinski definition) is 4. The summed E-state index contributed by atoms with van der Waals surface area (Å²) in [5, 5.41) is 3.65. The van der Waals surface area contributed by atoms with E-state index in [0.29, 0.717) is 28.7 Å². The quantitative estimate of drug-likeness (QED) is 0.323. The average Bonchev–Trinajstić information content (AvgIpc) is 2.83. The molecule has 2 aromatic rings. The SMILES string of the molecule is CCCCNC(=O)[C@@H](C)N(Cc1ccc(Cl)c(Cl)c1)C(=O)CCCN(c1cc(C)ccc1C)S(C)(=O)=O. The number of aryl methyl sites for hydroxylation is 2. The molecule has 204 valence electrons. The molecular weight excluding hydrogens is 533 g/mol. The minimum atomic E-state index is -3.56. The van der Waals surface area contributed by atoms with Gasteiger partial charge in [0.1, 0.15) is 6.04 Å². The van der Waals surface area contributed by atoms with Crippen LogP contribution in [0.4, 0.5) is 5.69 Å². The fourth-order valence-electron chi connectivity index (χ4n) is 3.92. The molecule has 10 heteroatoms. The predicted molar refractivity (Wildman–Crippen MR) is 152 cm³/mol. The monoisotopic (exact) mass is 569 g/mol. The molecular formula is C27H37Cl2N3O4S. The average molecular weight is 571 g/mol. The summed E-state index contributed by atoms with van der Waals surface area (Å²) in [5.74, 6) is -0.492. The van der Waals surface area contributed by atoms with Crippen molar-refractivity contribution in [1.29, 1.82) is 0 Å². The van der Waals surface area contributed by atoms with Crippen LogP contribution in [0.15, 0.2) is 36.4 Å². The van der Waals surface area contributed by atoms with E-state index < -0.39 is 16.1 Å². The van der Waals surface area contributed by atoms with Crippen LogP contribution in [-0.4, -0.2) is 50.5 Å². The summed E-state index contributed by atoms with van der Waals surface area (Å²) in [5.41, 5.74) is 3.12. The van der Waals surface area contributed by atoms with Gasteiger partial charge in [-0.3, -0.25) is 13.9 Å². The molecule has 0 radical (unpaired) electrons. The van der Waals surface area contributed by atoms with Crippen molar-refractivity contribution in [3.8, 4) is 0 Å². The van der Waals surface area contributed by atoms with Gasteiger partial charge < -0.3 is 10.2 Å². The van der Waals surface area contributed by atoms with Crippen molar-refractivity contribution in [1.82, 2.24) is 10.2 Å². The van der Waals surface area contributed by atoms with Crippen LogP contribution in [0.5, 0.6) is 0 Å². The molecule has 0 saturated heterocycles. The highest BCUT2D eigenvalue weighted by Gasteiger charge is 2.27. The topological polar surface area (TPSA) is 86.8 Å². The summed E-state index contributed by atoms with van der Waals surface area (Å²) in [6.07, 6.45) is 3.32. The minimum absolute atomic E-state index is 0.0742. The molecule has 0 aliphatic rings. The van der Waals surface area contributed by atoms with Crippen molar-refractivity contribution in [3.05, 3.63) is 63.1 Å². The van der Waals surface area contributed by atoms with Crippen LogP contribution < -0.4 is 9.62 Å².